The van der Waals surface area contributed by atoms with Gasteiger partial charge in [0.05, 0.1) is 11.0 Å². The predicted molar refractivity (Wildman–Crippen MR) is 78.5 cm³/mol. The number of hydrogen-bond donors (Lipinski definition) is 2. The second-order valence-electron chi connectivity index (χ2n) is 5.35. The van der Waals surface area contributed by atoms with Crippen molar-refractivity contribution in [2.45, 2.75) is 12.3 Å². The summed E-state index contributed by atoms with van der Waals surface area (Å²) >= 11 is 0. The molecule has 3 rings (SSSR count). The van der Waals surface area contributed by atoms with Crippen molar-refractivity contribution >= 4 is 22.9 Å². The van der Waals surface area contributed by atoms with Crippen LogP contribution in [0.2, 0.25) is 0 Å². The molecular weight excluding hydrogens is 286 g/mol. The fraction of sp³-hybridized carbons (Fsp3) is 0.400. The fourth-order valence-electron chi connectivity index (χ4n) is 2.69. The fourth-order valence-corrected chi connectivity index (χ4v) is 2.69. The number of carboxylic acids is 1. The van der Waals surface area contributed by atoms with Gasteiger partial charge in [0.1, 0.15) is 19.0 Å². The first-order valence-electron chi connectivity index (χ1n) is 7.15. The minimum absolute atomic E-state index is 0.177. The largest absolute Gasteiger partial charge is 0.480 e. The van der Waals surface area contributed by atoms with Crippen LogP contribution in [-0.2, 0) is 14.3 Å². The topological polar surface area (TPSA) is 95.5 Å². The summed E-state index contributed by atoms with van der Waals surface area (Å²) in [5.41, 5.74) is 1.92. The highest BCUT2D eigenvalue weighted by Gasteiger charge is 2.29. The maximum Gasteiger partial charge on any atom is 0.329 e. The Morgan fingerprint density at radius 1 is 1.36 bits per heavy atom. The van der Waals surface area contributed by atoms with E-state index in [4.69, 9.17) is 9.84 Å². The lowest BCUT2D eigenvalue weighted by atomic mass is 10.1. The molecule has 0 unspecified atom stereocenters. The number of carbonyl (C=O) groups is 2. The molecule has 1 aromatic heterocycles. The second-order valence-corrected chi connectivity index (χ2v) is 5.35. The number of rotatable bonds is 5. The molecule has 22 heavy (non-hydrogen) atoms. The molecule has 116 valence electrons. The van der Waals surface area contributed by atoms with Crippen LogP contribution in [0, 0.1) is 0 Å². The number of nitrogens with zero attached hydrogens (tertiary/aromatic N) is 2. The van der Waals surface area contributed by atoms with Crippen molar-refractivity contribution in [2.24, 2.45) is 0 Å². The number of likely N-dealkylation sites (tertiary alicyclic amines) is 1. The van der Waals surface area contributed by atoms with Gasteiger partial charge < -0.3 is 19.7 Å². The highest BCUT2D eigenvalue weighted by atomic mass is 16.5. The number of aliphatic carboxylic acids is 1. The van der Waals surface area contributed by atoms with Crippen molar-refractivity contribution in [3.05, 3.63) is 30.1 Å². The monoisotopic (exact) mass is 303 g/mol. The number of H-pyrrole nitrogens is 1. The van der Waals surface area contributed by atoms with Gasteiger partial charge in [-0.05, 0) is 18.6 Å². The summed E-state index contributed by atoms with van der Waals surface area (Å²) in [6.07, 6.45) is 0.838. The molecule has 0 aliphatic carbocycles. The molecule has 1 fully saturated rings. The van der Waals surface area contributed by atoms with Crippen LogP contribution in [0.25, 0.3) is 11.0 Å². The maximum absolute atomic E-state index is 12.0. The number of hydrogen-bond acceptors (Lipinski definition) is 4. The molecule has 2 heterocycles. The first-order valence-corrected chi connectivity index (χ1v) is 7.15. The van der Waals surface area contributed by atoms with Crippen LogP contribution >= 0.6 is 0 Å². The van der Waals surface area contributed by atoms with E-state index in [9.17, 15) is 9.59 Å². The maximum atomic E-state index is 12.0. The Bertz CT molecular complexity index is 664. The van der Waals surface area contributed by atoms with Gasteiger partial charge in [0.2, 0.25) is 5.91 Å². The average Bonchev–Trinajstić information content (AvgIpc) is 3.13. The van der Waals surface area contributed by atoms with Gasteiger partial charge in [0, 0.05) is 19.0 Å². The van der Waals surface area contributed by atoms with Crippen molar-refractivity contribution in [1.82, 2.24) is 14.9 Å². The van der Waals surface area contributed by atoms with Crippen LogP contribution in [0.4, 0.5) is 0 Å². The number of para-hydroxylation sites is 2. The molecule has 1 amide bonds. The summed E-state index contributed by atoms with van der Waals surface area (Å²) in [5, 5.41) is 8.49. The minimum atomic E-state index is -1.07. The molecule has 1 aromatic carbocycles. The van der Waals surface area contributed by atoms with Gasteiger partial charge in [-0.25, -0.2) is 9.78 Å². The second kappa shape index (κ2) is 6.15. The van der Waals surface area contributed by atoms with Crippen molar-refractivity contribution in [1.29, 1.82) is 0 Å². The van der Waals surface area contributed by atoms with Crippen molar-refractivity contribution < 1.29 is 19.4 Å². The zero-order chi connectivity index (χ0) is 15.5. The number of fused-ring (bicyclic) bond motifs is 1. The molecule has 1 saturated heterocycles. The highest BCUT2D eigenvalue weighted by molar-refractivity contribution is 5.78. The van der Waals surface area contributed by atoms with Gasteiger partial charge in [-0.1, -0.05) is 12.1 Å². The predicted octanol–water partition coefficient (Wildman–Crippen LogP) is 0.980. The third-order valence-corrected chi connectivity index (χ3v) is 3.79. The average molecular weight is 303 g/mol. The first kappa shape index (κ1) is 14.5. The molecular formula is C15H17N3O4. The molecule has 2 N–H and O–H groups in total. The third-order valence-electron chi connectivity index (χ3n) is 3.79. The number of amides is 1. The molecule has 7 nitrogen and oxygen atoms in total. The van der Waals surface area contributed by atoms with E-state index in [0.29, 0.717) is 13.1 Å². The molecule has 1 aliphatic rings. The molecule has 2 aromatic rings. The van der Waals surface area contributed by atoms with E-state index in [1.54, 1.807) is 4.90 Å². The number of nitrogens with one attached hydrogen (secondary N) is 1. The minimum Gasteiger partial charge on any atom is -0.480 e. The summed E-state index contributed by atoms with van der Waals surface area (Å²) in [6, 6.07) is 7.82. The van der Waals surface area contributed by atoms with Crippen LogP contribution in [0.3, 0.4) is 0 Å². The molecule has 1 atom stereocenters. The Morgan fingerprint density at radius 3 is 2.95 bits per heavy atom. The Kier molecular flexibility index (Phi) is 4.06. The van der Waals surface area contributed by atoms with Gasteiger partial charge in [0.25, 0.3) is 0 Å². The zero-order valence-electron chi connectivity index (χ0n) is 12.0. The Balaban J connectivity index is 1.59. The SMILES string of the molecule is O=C(O)COCC(=O)N1CC[C@H](c2nc3ccccc3[nH]2)C1. The number of benzene rings is 1. The van der Waals surface area contributed by atoms with E-state index >= 15 is 0 Å². The lowest BCUT2D eigenvalue weighted by molar-refractivity contribution is -0.145. The van der Waals surface area contributed by atoms with Gasteiger partial charge in [-0.15, -0.1) is 0 Å². The van der Waals surface area contributed by atoms with Crippen LogP contribution in [0.5, 0.6) is 0 Å². The Hall–Kier alpha value is -2.41. The van der Waals surface area contributed by atoms with Gasteiger partial charge in [-0.3, -0.25) is 4.79 Å². The summed E-state index contributed by atoms with van der Waals surface area (Å²) < 4.78 is 4.84. The number of aromatic nitrogens is 2. The number of imidazole rings is 1. The Morgan fingerprint density at radius 2 is 2.18 bits per heavy atom. The van der Waals surface area contributed by atoms with E-state index in [2.05, 4.69) is 9.97 Å². The third kappa shape index (κ3) is 3.09. The van der Waals surface area contributed by atoms with Crippen molar-refractivity contribution in [3.63, 3.8) is 0 Å². The van der Waals surface area contributed by atoms with E-state index in [0.717, 1.165) is 23.3 Å². The highest BCUT2D eigenvalue weighted by Crippen LogP contribution is 2.26. The lowest BCUT2D eigenvalue weighted by Crippen LogP contribution is -2.32. The number of ether oxygens (including phenoxy) is 1. The summed E-state index contributed by atoms with van der Waals surface area (Å²) in [4.78, 5) is 31.9. The smallest absolute Gasteiger partial charge is 0.329 e. The van der Waals surface area contributed by atoms with Crippen molar-refractivity contribution in [2.75, 3.05) is 26.3 Å². The first-order chi connectivity index (χ1) is 10.6. The standard InChI is InChI=1S/C15H17N3O4/c19-13(8-22-9-14(20)21)18-6-5-10(7-18)15-16-11-3-1-2-4-12(11)17-15/h1-4,10H,5-9H2,(H,16,17)(H,20,21)/t10-/m0/s1. The molecule has 0 bridgehead atoms. The quantitative estimate of drug-likeness (QED) is 0.858. The molecule has 7 heteroatoms. The molecule has 0 spiro atoms. The van der Waals surface area contributed by atoms with Crippen LogP contribution in [0.1, 0.15) is 18.2 Å². The van der Waals surface area contributed by atoms with E-state index in [1.807, 2.05) is 24.3 Å². The van der Waals surface area contributed by atoms with Crippen LogP contribution in [0.15, 0.2) is 24.3 Å². The molecule has 0 radical (unpaired) electrons. The van der Waals surface area contributed by atoms with Gasteiger partial charge in [-0.2, -0.15) is 0 Å². The summed E-state index contributed by atoms with van der Waals surface area (Å²) in [7, 11) is 0. The number of carbonyl (C=O) groups excluding carboxylic acids is 1. The van der Waals surface area contributed by atoms with Crippen LogP contribution < -0.4 is 0 Å². The number of aromatic amines is 1. The summed E-state index contributed by atoms with van der Waals surface area (Å²) in [5.74, 6) is -0.187. The van der Waals surface area contributed by atoms with E-state index in [-0.39, 0.29) is 18.4 Å². The normalized spacial score (nSPS) is 18.0. The van der Waals surface area contributed by atoms with Gasteiger partial charge in [0.15, 0.2) is 0 Å². The van der Waals surface area contributed by atoms with Crippen LogP contribution in [-0.4, -0.2) is 58.2 Å². The zero-order valence-corrected chi connectivity index (χ0v) is 12.0. The molecule has 0 saturated carbocycles. The van der Waals surface area contributed by atoms with E-state index in [1.165, 1.54) is 0 Å². The molecule has 1 aliphatic heterocycles. The lowest BCUT2D eigenvalue weighted by Gasteiger charge is -2.15. The van der Waals surface area contributed by atoms with E-state index < -0.39 is 12.6 Å². The van der Waals surface area contributed by atoms with Gasteiger partial charge >= 0.3 is 5.97 Å². The number of carboxylic acid groups (broad SMARTS) is 1. The van der Waals surface area contributed by atoms with Crippen molar-refractivity contribution in [3.8, 4) is 0 Å². The summed E-state index contributed by atoms with van der Waals surface area (Å²) in [6.45, 7) is 0.567. The Labute approximate surface area is 126 Å².